The molecule has 2 amide bonds. The monoisotopic (exact) mass is 519 g/mol. The molecule has 1 aliphatic rings. The normalized spacial score (nSPS) is 16.3. The number of nitrogens with zero attached hydrogens (tertiary/aromatic N) is 2. The molecule has 1 aliphatic carbocycles. The number of likely N-dealkylation sites (N-methyl/N-ethyl adjacent to an activating group) is 1. The van der Waals surface area contributed by atoms with Crippen LogP contribution >= 0.6 is 0 Å². The first-order chi connectivity index (χ1) is 16.9. The molecule has 2 rings (SSSR count). The van der Waals surface area contributed by atoms with E-state index in [1.165, 1.54) is 24.4 Å². The van der Waals surface area contributed by atoms with Crippen molar-refractivity contribution in [2.75, 3.05) is 33.7 Å². The molecular formula is C24H34FN7O3S. The van der Waals surface area contributed by atoms with E-state index in [1.807, 2.05) is 19.0 Å². The molecule has 1 aromatic carbocycles. The minimum atomic E-state index is -3.93. The van der Waals surface area contributed by atoms with Crippen molar-refractivity contribution in [2.24, 2.45) is 22.2 Å². The lowest BCUT2D eigenvalue weighted by Crippen LogP contribution is -2.39. The molecule has 0 heterocycles. The Morgan fingerprint density at radius 3 is 2.39 bits per heavy atom. The number of benzene rings is 1. The number of nitrogens with two attached hydrogens (primary N) is 3. The van der Waals surface area contributed by atoms with E-state index >= 15 is 0 Å². The molecule has 0 radical (unpaired) electrons. The zero-order valence-corrected chi connectivity index (χ0v) is 21.3. The van der Waals surface area contributed by atoms with Gasteiger partial charge in [0.05, 0.1) is 10.6 Å². The van der Waals surface area contributed by atoms with E-state index in [0.717, 1.165) is 12.1 Å². The van der Waals surface area contributed by atoms with Crippen molar-refractivity contribution in [3.8, 4) is 0 Å². The van der Waals surface area contributed by atoms with Gasteiger partial charge in [0.15, 0.2) is 9.84 Å². The van der Waals surface area contributed by atoms with E-state index in [-0.39, 0.29) is 47.5 Å². The number of hydrogen-bond acceptors (Lipinski definition) is 7. The molecule has 36 heavy (non-hydrogen) atoms. The van der Waals surface area contributed by atoms with E-state index in [2.05, 4.69) is 22.2 Å². The smallest absolute Gasteiger partial charge is 0.315 e. The van der Waals surface area contributed by atoms with Gasteiger partial charge in [-0.3, -0.25) is 0 Å². The van der Waals surface area contributed by atoms with Crippen molar-refractivity contribution in [3.63, 3.8) is 0 Å². The molecule has 10 nitrogen and oxygen atoms in total. The number of hydrogen-bond donors (Lipinski definition) is 5. The zero-order valence-electron chi connectivity index (χ0n) is 20.5. The van der Waals surface area contributed by atoms with Crippen LogP contribution in [0.5, 0.6) is 0 Å². The summed E-state index contributed by atoms with van der Waals surface area (Å²) < 4.78 is 38.8. The fourth-order valence-corrected chi connectivity index (χ4v) is 5.24. The molecule has 0 atom stereocenters. The van der Waals surface area contributed by atoms with Crippen LogP contribution in [-0.2, 0) is 9.84 Å². The first-order valence-electron chi connectivity index (χ1n) is 11.2. The number of carbonyl (C=O) groups excluding carboxylic acids is 1. The number of amidine groups is 1. The van der Waals surface area contributed by atoms with Gasteiger partial charge in [-0.05, 0) is 57.3 Å². The summed E-state index contributed by atoms with van der Waals surface area (Å²) in [6.45, 7) is 5.03. The van der Waals surface area contributed by atoms with Crippen LogP contribution in [0.2, 0.25) is 0 Å². The standard InChI is InChI=1S/C24H34FN7O3S/c1-17(27)15-21(24(10-11-24)36(34,35)20-8-6-19(25)7-9-20)31-22(28)18(16-26)5-4-12-29-23(33)30-13-14-32(2)3/h4-9,15-16H,1,10-14,26-27H2,2-3H3,(H2,28,31)(H2,29,30,33)/b5-4-,18-16?,21-15-. The SMILES string of the molecule is C=C(N)/C=C(\N=C(/N)C(=CN)/C=C\CNC(=O)NCCN(C)C)C1(S(=O)(=O)c2ccc(F)cc2)CC1. The van der Waals surface area contributed by atoms with E-state index in [9.17, 15) is 17.6 Å². The Labute approximate surface area is 211 Å². The van der Waals surface area contributed by atoms with E-state index in [1.54, 1.807) is 12.2 Å². The van der Waals surface area contributed by atoms with Crippen LogP contribution in [-0.4, -0.2) is 63.7 Å². The zero-order chi connectivity index (χ0) is 26.9. The molecular weight excluding hydrogens is 485 g/mol. The average Bonchev–Trinajstić information content (AvgIpc) is 3.61. The van der Waals surface area contributed by atoms with Crippen molar-refractivity contribution in [1.82, 2.24) is 15.5 Å². The topological polar surface area (TPSA) is 169 Å². The van der Waals surface area contributed by atoms with Crippen molar-refractivity contribution < 1.29 is 17.6 Å². The molecule has 1 fully saturated rings. The highest BCUT2D eigenvalue weighted by molar-refractivity contribution is 7.93. The van der Waals surface area contributed by atoms with Gasteiger partial charge in [0, 0.05) is 37.1 Å². The predicted molar refractivity (Wildman–Crippen MR) is 140 cm³/mol. The van der Waals surface area contributed by atoms with Crippen LogP contribution in [0.4, 0.5) is 9.18 Å². The number of halogens is 1. The molecule has 8 N–H and O–H groups in total. The molecule has 0 unspecified atom stereocenters. The first-order valence-corrected chi connectivity index (χ1v) is 12.7. The van der Waals surface area contributed by atoms with Gasteiger partial charge < -0.3 is 32.7 Å². The minimum absolute atomic E-state index is 0.0341. The van der Waals surface area contributed by atoms with E-state index < -0.39 is 20.4 Å². The fraction of sp³-hybridized carbons (Fsp3) is 0.333. The maximum atomic E-state index is 13.4. The Hall–Kier alpha value is -3.64. The summed E-state index contributed by atoms with van der Waals surface area (Å²) >= 11 is 0. The van der Waals surface area contributed by atoms with Crippen LogP contribution in [0.1, 0.15) is 12.8 Å². The summed E-state index contributed by atoms with van der Waals surface area (Å²) in [5.41, 5.74) is 18.1. The molecule has 0 spiro atoms. The Kier molecular flexibility index (Phi) is 9.82. The lowest BCUT2D eigenvalue weighted by atomic mass is 10.2. The Morgan fingerprint density at radius 2 is 1.86 bits per heavy atom. The van der Waals surface area contributed by atoms with Gasteiger partial charge >= 0.3 is 6.03 Å². The highest BCUT2D eigenvalue weighted by Crippen LogP contribution is 2.52. The quantitative estimate of drug-likeness (QED) is 0.119. The number of sulfone groups is 1. The summed E-state index contributed by atoms with van der Waals surface area (Å²) in [6, 6.07) is 4.27. The van der Waals surface area contributed by atoms with Gasteiger partial charge in [-0.25, -0.2) is 22.6 Å². The lowest BCUT2D eigenvalue weighted by Gasteiger charge is -2.18. The number of urea groups is 1. The predicted octanol–water partition coefficient (Wildman–Crippen LogP) is 1.11. The van der Waals surface area contributed by atoms with Gasteiger partial charge in [-0.2, -0.15) is 0 Å². The summed E-state index contributed by atoms with van der Waals surface area (Å²) in [5.74, 6) is -0.588. The molecule has 0 saturated heterocycles. The van der Waals surface area contributed by atoms with Gasteiger partial charge in [0.25, 0.3) is 0 Å². The number of aliphatic imine (C=N–C) groups is 1. The third-order valence-electron chi connectivity index (χ3n) is 5.37. The van der Waals surface area contributed by atoms with Gasteiger partial charge in [-0.15, -0.1) is 0 Å². The van der Waals surface area contributed by atoms with Crippen molar-refractivity contribution in [3.05, 3.63) is 78.1 Å². The lowest BCUT2D eigenvalue weighted by molar-refractivity contribution is 0.240. The second-order valence-corrected chi connectivity index (χ2v) is 10.8. The molecule has 1 saturated carbocycles. The average molecular weight is 520 g/mol. The van der Waals surface area contributed by atoms with Crippen molar-refractivity contribution >= 4 is 21.7 Å². The number of rotatable bonds is 12. The Balaban J connectivity index is 2.20. The highest BCUT2D eigenvalue weighted by atomic mass is 32.2. The Morgan fingerprint density at radius 1 is 1.22 bits per heavy atom. The van der Waals surface area contributed by atoms with E-state index in [0.29, 0.717) is 18.7 Å². The first kappa shape index (κ1) is 28.6. The second kappa shape index (κ2) is 12.4. The third-order valence-corrected chi connectivity index (χ3v) is 7.91. The minimum Gasteiger partial charge on any atom is -0.404 e. The third kappa shape index (κ3) is 7.43. The molecule has 0 aromatic heterocycles. The molecule has 196 valence electrons. The number of carbonyl (C=O) groups is 1. The number of allylic oxidation sites excluding steroid dienone is 1. The van der Waals surface area contributed by atoms with Gasteiger partial charge in [0.1, 0.15) is 16.4 Å². The van der Waals surface area contributed by atoms with Gasteiger partial charge in [-0.1, -0.05) is 18.7 Å². The largest absolute Gasteiger partial charge is 0.404 e. The Bertz CT molecular complexity index is 1180. The second-order valence-electron chi connectivity index (χ2n) is 8.52. The van der Waals surface area contributed by atoms with E-state index in [4.69, 9.17) is 17.2 Å². The summed E-state index contributed by atoms with van der Waals surface area (Å²) in [5, 5.41) is 5.39. The van der Waals surface area contributed by atoms with Gasteiger partial charge in [0.2, 0.25) is 0 Å². The molecule has 12 heteroatoms. The van der Waals surface area contributed by atoms with Crippen LogP contribution in [0.25, 0.3) is 0 Å². The summed E-state index contributed by atoms with van der Waals surface area (Å²) in [4.78, 5) is 18.1. The van der Waals surface area contributed by atoms with Crippen LogP contribution in [0, 0.1) is 5.82 Å². The number of nitrogens with one attached hydrogen (secondary N) is 2. The van der Waals surface area contributed by atoms with Crippen LogP contribution in [0.15, 0.2) is 82.1 Å². The van der Waals surface area contributed by atoms with Crippen molar-refractivity contribution in [2.45, 2.75) is 22.5 Å². The van der Waals surface area contributed by atoms with Crippen LogP contribution in [0.3, 0.4) is 0 Å². The van der Waals surface area contributed by atoms with Crippen LogP contribution < -0.4 is 27.8 Å². The summed E-state index contributed by atoms with van der Waals surface area (Å²) in [6.07, 6.45) is 6.33. The fourth-order valence-electron chi connectivity index (χ4n) is 3.27. The summed E-state index contributed by atoms with van der Waals surface area (Å²) in [7, 11) is -0.121. The maximum Gasteiger partial charge on any atom is 0.315 e. The highest BCUT2D eigenvalue weighted by Gasteiger charge is 2.58. The molecule has 0 bridgehead atoms. The maximum absolute atomic E-state index is 13.4. The van der Waals surface area contributed by atoms with Crippen molar-refractivity contribution in [1.29, 1.82) is 0 Å². The number of amides is 2. The molecule has 0 aliphatic heterocycles. The molecule has 1 aromatic rings.